The first-order valence-electron chi connectivity index (χ1n) is 5.88. The van der Waals surface area contributed by atoms with Crippen LogP contribution in [0, 0.1) is 5.82 Å². The van der Waals surface area contributed by atoms with E-state index in [2.05, 4.69) is 10.2 Å². The fourth-order valence-corrected chi connectivity index (χ4v) is 2.75. The summed E-state index contributed by atoms with van der Waals surface area (Å²) in [5.74, 6) is -0.497. The molecule has 0 saturated carbocycles. The first-order chi connectivity index (χ1) is 8.45. The van der Waals surface area contributed by atoms with E-state index in [-0.39, 0.29) is 4.90 Å². The van der Waals surface area contributed by atoms with Crippen molar-refractivity contribution in [3.63, 3.8) is 0 Å². The third-order valence-electron chi connectivity index (χ3n) is 2.98. The standard InChI is InChI=1S/C12H17FN2O2S/c1-18(16,17)12-7-10(6-11(13)8-12)9-15-4-2-14-3-5-15/h6-8,14H,2-5,9H2,1H3. The monoisotopic (exact) mass is 272 g/mol. The summed E-state index contributed by atoms with van der Waals surface area (Å²) in [6.07, 6.45) is 1.09. The number of sulfone groups is 1. The summed E-state index contributed by atoms with van der Waals surface area (Å²) in [4.78, 5) is 2.23. The number of rotatable bonds is 3. The van der Waals surface area contributed by atoms with E-state index in [4.69, 9.17) is 0 Å². The number of nitrogens with zero attached hydrogens (tertiary/aromatic N) is 1. The lowest BCUT2D eigenvalue weighted by atomic mass is 10.2. The van der Waals surface area contributed by atoms with Gasteiger partial charge in [-0.15, -0.1) is 0 Å². The van der Waals surface area contributed by atoms with Crippen LogP contribution < -0.4 is 5.32 Å². The van der Waals surface area contributed by atoms with Crippen LogP contribution in [0.1, 0.15) is 5.56 Å². The number of benzene rings is 1. The summed E-state index contributed by atoms with van der Waals surface area (Å²) >= 11 is 0. The zero-order valence-electron chi connectivity index (χ0n) is 10.3. The lowest BCUT2D eigenvalue weighted by molar-refractivity contribution is 0.233. The van der Waals surface area contributed by atoms with Gasteiger partial charge in [-0.1, -0.05) is 0 Å². The average molecular weight is 272 g/mol. The molecule has 1 saturated heterocycles. The molecule has 0 spiro atoms. The topological polar surface area (TPSA) is 49.4 Å². The Balaban J connectivity index is 2.20. The van der Waals surface area contributed by atoms with Crippen molar-refractivity contribution < 1.29 is 12.8 Å². The minimum atomic E-state index is -3.36. The second-order valence-electron chi connectivity index (χ2n) is 4.59. The molecule has 100 valence electrons. The van der Waals surface area contributed by atoms with Crippen LogP contribution >= 0.6 is 0 Å². The molecule has 18 heavy (non-hydrogen) atoms. The van der Waals surface area contributed by atoms with Gasteiger partial charge in [0.1, 0.15) is 5.82 Å². The van der Waals surface area contributed by atoms with Crippen molar-refractivity contribution in [1.29, 1.82) is 0 Å². The van der Waals surface area contributed by atoms with Crippen molar-refractivity contribution >= 4 is 9.84 Å². The fraction of sp³-hybridized carbons (Fsp3) is 0.500. The molecule has 0 unspecified atom stereocenters. The Morgan fingerprint density at radius 1 is 1.28 bits per heavy atom. The Bertz CT molecular complexity index is 525. The second-order valence-corrected chi connectivity index (χ2v) is 6.61. The Morgan fingerprint density at radius 2 is 1.94 bits per heavy atom. The van der Waals surface area contributed by atoms with Crippen LogP contribution in [0.3, 0.4) is 0 Å². The molecule has 2 rings (SSSR count). The lowest BCUT2D eigenvalue weighted by Gasteiger charge is -2.27. The van der Waals surface area contributed by atoms with E-state index in [9.17, 15) is 12.8 Å². The Labute approximate surface area is 107 Å². The van der Waals surface area contributed by atoms with Crippen LogP contribution in [-0.4, -0.2) is 45.8 Å². The van der Waals surface area contributed by atoms with Crippen LogP contribution in [0.4, 0.5) is 4.39 Å². The summed E-state index contributed by atoms with van der Waals surface area (Å²) in [5.41, 5.74) is 0.706. The van der Waals surface area contributed by atoms with Gasteiger partial charge in [-0.05, 0) is 23.8 Å². The highest BCUT2D eigenvalue weighted by atomic mass is 32.2. The molecular weight excluding hydrogens is 255 g/mol. The third kappa shape index (κ3) is 3.51. The van der Waals surface area contributed by atoms with Crippen molar-refractivity contribution in [2.45, 2.75) is 11.4 Å². The summed E-state index contributed by atoms with van der Waals surface area (Å²) in [5, 5.41) is 3.24. The molecule has 1 aliphatic heterocycles. The summed E-state index contributed by atoms with van der Waals surface area (Å²) < 4.78 is 36.3. The SMILES string of the molecule is CS(=O)(=O)c1cc(F)cc(CN2CCNCC2)c1. The van der Waals surface area contributed by atoms with Gasteiger partial charge in [-0.3, -0.25) is 4.90 Å². The van der Waals surface area contributed by atoms with Gasteiger partial charge in [0.25, 0.3) is 0 Å². The molecule has 1 fully saturated rings. The van der Waals surface area contributed by atoms with Gasteiger partial charge in [-0.2, -0.15) is 0 Å². The predicted octanol–water partition coefficient (Wildman–Crippen LogP) is 0.634. The molecule has 0 radical (unpaired) electrons. The van der Waals surface area contributed by atoms with Crippen LogP contribution in [0.2, 0.25) is 0 Å². The van der Waals surface area contributed by atoms with Crippen molar-refractivity contribution in [1.82, 2.24) is 10.2 Å². The highest BCUT2D eigenvalue weighted by Crippen LogP contribution is 2.16. The zero-order chi connectivity index (χ0) is 13.2. The van der Waals surface area contributed by atoms with Crippen molar-refractivity contribution in [3.05, 3.63) is 29.6 Å². The molecule has 1 aliphatic rings. The molecule has 0 aromatic heterocycles. The molecule has 0 amide bonds. The molecular formula is C12H17FN2O2S. The minimum Gasteiger partial charge on any atom is -0.314 e. The van der Waals surface area contributed by atoms with E-state index < -0.39 is 15.7 Å². The molecule has 0 atom stereocenters. The van der Waals surface area contributed by atoms with E-state index in [1.807, 2.05) is 0 Å². The molecule has 4 nitrogen and oxygen atoms in total. The average Bonchev–Trinajstić information content (AvgIpc) is 2.28. The van der Waals surface area contributed by atoms with Gasteiger partial charge in [0, 0.05) is 39.0 Å². The molecule has 1 aromatic carbocycles. The normalized spacial score (nSPS) is 17.9. The molecule has 0 aliphatic carbocycles. The van der Waals surface area contributed by atoms with Gasteiger partial charge in [0.2, 0.25) is 0 Å². The highest BCUT2D eigenvalue weighted by Gasteiger charge is 2.14. The maximum atomic E-state index is 13.4. The fourth-order valence-electron chi connectivity index (χ4n) is 2.05. The van der Waals surface area contributed by atoms with E-state index >= 15 is 0 Å². The Morgan fingerprint density at radius 3 is 2.56 bits per heavy atom. The first kappa shape index (κ1) is 13.5. The number of halogens is 1. The first-order valence-corrected chi connectivity index (χ1v) is 7.77. The van der Waals surface area contributed by atoms with Gasteiger partial charge in [0.05, 0.1) is 4.90 Å². The van der Waals surface area contributed by atoms with Crippen LogP contribution in [0.5, 0.6) is 0 Å². The lowest BCUT2D eigenvalue weighted by Crippen LogP contribution is -2.42. The smallest absolute Gasteiger partial charge is 0.175 e. The quantitative estimate of drug-likeness (QED) is 0.877. The molecule has 1 aromatic rings. The number of nitrogens with one attached hydrogen (secondary N) is 1. The van der Waals surface area contributed by atoms with Gasteiger partial charge in [-0.25, -0.2) is 12.8 Å². The summed E-state index contributed by atoms with van der Waals surface area (Å²) in [7, 11) is -3.36. The molecule has 1 N–H and O–H groups in total. The van der Waals surface area contributed by atoms with Crippen molar-refractivity contribution in [2.75, 3.05) is 32.4 Å². The van der Waals surface area contributed by atoms with Crippen LogP contribution in [0.25, 0.3) is 0 Å². The maximum Gasteiger partial charge on any atom is 0.175 e. The second kappa shape index (κ2) is 5.34. The van der Waals surface area contributed by atoms with Crippen LogP contribution in [0.15, 0.2) is 23.1 Å². The largest absolute Gasteiger partial charge is 0.314 e. The third-order valence-corrected chi connectivity index (χ3v) is 4.07. The van der Waals surface area contributed by atoms with E-state index in [1.165, 1.54) is 6.07 Å². The van der Waals surface area contributed by atoms with Gasteiger partial charge >= 0.3 is 0 Å². The van der Waals surface area contributed by atoms with E-state index in [0.717, 1.165) is 38.5 Å². The zero-order valence-corrected chi connectivity index (χ0v) is 11.1. The number of piperazine rings is 1. The van der Waals surface area contributed by atoms with Crippen molar-refractivity contribution in [2.24, 2.45) is 0 Å². The summed E-state index contributed by atoms with van der Waals surface area (Å²) in [6.45, 7) is 4.19. The molecule has 1 heterocycles. The molecule has 6 heteroatoms. The van der Waals surface area contributed by atoms with Gasteiger partial charge < -0.3 is 5.32 Å². The minimum absolute atomic E-state index is 0.0487. The number of hydrogen-bond donors (Lipinski definition) is 1. The Kier molecular flexibility index (Phi) is 3.99. The van der Waals surface area contributed by atoms with E-state index in [0.29, 0.717) is 12.1 Å². The number of hydrogen-bond acceptors (Lipinski definition) is 4. The highest BCUT2D eigenvalue weighted by molar-refractivity contribution is 7.90. The van der Waals surface area contributed by atoms with Gasteiger partial charge in [0.15, 0.2) is 9.84 Å². The summed E-state index contributed by atoms with van der Waals surface area (Å²) in [6, 6.07) is 4.02. The maximum absolute atomic E-state index is 13.4. The van der Waals surface area contributed by atoms with Crippen molar-refractivity contribution in [3.8, 4) is 0 Å². The molecule has 0 bridgehead atoms. The Hall–Kier alpha value is -0.980. The van der Waals surface area contributed by atoms with E-state index in [1.54, 1.807) is 6.07 Å². The van der Waals surface area contributed by atoms with Crippen LogP contribution in [-0.2, 0) is 16.4 Å². The predicted molar refractivity (Wildman–Crippen MR) is 67.7 cm³/mol.